The second-order valence-electron chi connectivity index (χ2n) is 4.46. The summed E-state index contributed by atoms with van der Waals surface area (Å²) in [6, 6.07) is 7.55. The molecule has 106 valence electrons. The van der Waals surface area contributed by atoms with E-state index in [9.17, 15) is 14.3 Å². The van der Waals surface area contributed by atoms with Crippen LogP contribution in [0.15, 0.2) is 48.1 Å². The number of carboxylic acid groups (broad SMARTS) is 1. The molecule has 0 fully saturated rings. The Morgan fingerprint density at radius 3 is 2.95 bits per heavy atom. The van der Waals surface area contributed by atoms with Gasteiger partial charge >= 0.3 is 5.97 Å². The molecule has 1 aromatic carbocycles. The van der Waals surface area contributed by atoms with Crippen LogP contribution < -0.4 is 0 Å². The topological polar surface area (TPSA) is 55.1 Å². The molecule has 0 aliphatic carbocycles. The van der Waals surface area contributed by atoms with E-state index in [-0.39, 0.29) is 12.1 Å². The van der Waals surface area contributed by atoms with Gasteiger partial charge in [0.25, 0.3) is 0 Å². The number of carboxylic acids is 1. The Morgan fingerprint density at radius 2 is 2.24 bits per heavy atom. The van der Waals surface area contributed by atoms with Crippen LogP contribution >= 0.6 is 11.3 Å². The van der Waals surface area contributed by atoms with Gasteiger partial charge in [0.05, 0.1) is 17.0 Å². The van der Waals surface area contributed by atoms with Gasteiger partial charge in [0.15, 0.2) is 0 Å². The number of imidazole rings is 1. The average Bonchev–Trinajstić information content (AvgIpc) is 3.08. The van der Waals surface area contributed by atoms with E-state index in [0.29, 0.717) is 5.56 Å². The molecule has 3 rings (SSSR count). The molecule has 0 aliphatic heterocycles. The number of nitrogens with zero attached hydrogens (tertiary/aromatic N) is 2. The highest BCUT2D eigenvalue weighted by atomic mass is 32.1. The van der Waals surface area contributed by atoms with E-state index in [0.717, 1.165) is 16.8 Å². The first kappa shape index (κ1) is 13.5. The van der Waals surface area contributed by atoms with Crippen LogP contribution in [-0.4, -0.2) is 20.6 Å². The Kier molecular flexibility index (Phi) is 3.53. The van der Waals surface area contributed by atoms with Crippen molar-refractivity contribution in [3.8, 4) is 10.7 Å². The predicted molar refractivity (Wildman–Crippen MR) is 78.0 cm³/mol. The zero-order chi connectivity index (χ0) is 14.8. The van der Waals surface area contributed by atoms with Crippen LogP contribution in [0, 0.1) is 5.82 Å². The maximum Gasteiger partial charge on any atom is 0.336 e. The summed E-state index contributed by atoms with van der Waals surface area (Å²) in [5.74, 6) is -0.777. The largest absolute Gasteiger partial charge is 0.478 e. The number of hydrogen-bond donors (Lipinski definition) is 1. The molecular formula is C15H11FN2O2S. The molecule has 4 nitrogen and oxygen atoms in total. The summed E-state index contributed by atoms with van der Waals surface area (Å²) in [6.45, 7) is 0.257. The Balaban J connectivity index is 2.00. The zero-order valence-corrected chi connectivity index (χ0v) is 11.7. The van der Waals surface area contributed by atoms with E-state index in [1.54, 1.807) is 23.7 Å². The van der Waals surface area contributed by atoms with Gasteiger partial charge in [-0.3, -0.25) is 0 Å². The molecule has 0 atom stereocenters. The van der Waals surface area contributed by atoms with Gasteiger partial charge in [-0.2, -0.15) is 0 Å². The second kappa shape index (κ2) is 5.49. The molecule has 2 heterocycles. The number of halogens is 1. The number of carbonyl (C=O) groups is 1. The van der Waals surface area contributed by atoms with Crippen molar-refractivity contribution in [2.45, 2.75) is 6.54 Å². The lowest BCUT2D eigenvalue weighted by atomic mass is 10.1. The smallest absolute Gasteiger partial charge is 0.336 e. The molecule has 6 heteroatoms. The number of benzene rings is 1. The Labute approximate surface area is 124 Å². The second-order valence-corrected chi connectivity index (χ2v) is 5.41. The standard InChI is InChI=1S/C15H11FN2O2S/c16-11-3-4-12(15(19)20)10(8-11)9-18-6-5-17-14(18)13-2-1-7-21-13/h1-8H,9H2,(H,19,20). The highest BCUT2D eigenvalue weighted by Crippen LogP contribution is 2.24. The minimum Gasteiger partial charge on any atom is -0.478 e. The van der Waals surface area contributed by atoms with E-state index in [4.69, 9.17) is 0 Å². The lowest BCUT2D eigenvalue weighted by Gasteiger charge is -2.09. The number of aromatic nitrogens is 2. The third-order valence-electron chi connectivity index (χ3n) is 3.10. The highest BCUT2D eigenvalue weighted by molar-refractivity contribution is 7.13. The lowest BCUT2D eigenvalue weighted by Crippen LogP contribution is -2.08. The molecular weight excluding hydrogens is 291 g/mol. The maximum atomic E-state index is 13.4. The van der Waals surface area contributed by atoms with Gasteiger partial charge in [-0.05, 0) is 35.2 Å². The van der Waals surface area contributed by atoms with Gasteiger partial charge in [-0.25, -0.2) is 14.2 Å². The molecule has 0 amide bonds. The molecule has 0 saturated heterocycles. The molecule has 0 spiro atoms. The molecule has 0 saturated carbocycles. The summed E-state index contributed by atoms with van der Waals surface area (Å²) in [5, 5.41) is 11.1. The fourth-order valence-electron chi connectivity index (χ4n) is 2.15. The molecule has 3 aromatic rings. The minimum atomic E-state index is -1.07. The Bertz CT molecular complexity index is 781. The van der Waals surface area contributed by atoms with Crippen molar-refractivity contribution in [1.82, 2.24) is 9.55 Å². The molecule has 2 aromatic heterocycles. The van der Waals surface area contributed by atoms with Gasteiger partial charge < -0.3 is 9.67 Å². The predicted octanol–water partition coefficient (Wildman–Crippen LogP) is 3.50. The van der Waals surface area contributed by atoms with E-state index in [1.165, 1.54) is 12.1 Å². The van der Waals surface area contributed by atoms with Crippen LogP contribution in [0.3, 0.4) is 0 Å². The van der Waals surface area contributed by atoms with E-state index < -0.39 is 11.8 Å². The van der Waals surface area contributed by atoms with Crippen molar-refractivity contribution in [2.75, 3.05) is 0 Å². The number of thiophene rings is 1. The van der Waals surface area contributed by atoms with Gasteiger partial charge in [0.1, 0.15) is 11.6 Å². The monoisotopic (exact) mass is 302 g/mol. The van der Waals surface area contributed by atoms with Crippen molar-refractivity contribution in [2.24, 2.45) is 0 Å². The van der Waals surface area contributed by atoms with Crippen molar-refractivity contribution in [3.63, 3.8) is 0 Å². The summed E-state index contributed by atoms with van der Waals surface area (Å²) >= 11 is 1.55. The molecule has 0 aliphatic rings. The molecule has 1 N–H and O–H groups in total. The first-order chi connectivity index (χ1) is 10.1. The van der Waals surface area contributed by atoms with E-state index in [1.807, 2.05) is 22.1 Å². The third-order valence-corrected chi connectivity index (χ3v) is 3.96. The fourth-order valence-corrected chi connectivity index (χ4v) is 2.89. The average molecular weight is 302 g/mol. The third kappa shape index (κ3) is 2.71. The van der Waals surface area contributed by atoms with Gasteiger partial charge in [0, 0.05) is 12.4 Å². The molecule has 0 unspecified atom stereocenters. The van der Waals surface area contributed by atoms with Crippen LogP contribution in [0.2, 0.25) is 0 Å². The first-order valence-corrected chi connectivity index (χ1v) is 7.10. The number of hydrogen-bond acceptors (Lipinski definition) is 3. The van der Waals surface area contributed by atoms with E-state index >= 15 is 0 Å². The van der Waals surface area contributed by atoms with Crippen molar-refractivity contribution >= 4 is 17.3 Å². The Hall–Kier alpha value is -2.47. The van der Waals surface area contributed by atoms with Crippen LogP contribution in [0.4, 0.5) is 4.39 Å². The van der Waals surface area contributed by atoms with Crippen molar-refractivity contribution < 1.29 is 14.3 Å². The fraction of sp³-hybridized carbons (Fsp3) is 0.0667. The summed E-state index contributed by atoms with van der Waals surface area (Å²) in [4.78, 5) is 16.5. The SMILES string of the molecule is O=C(O)c1ccc(F)cc1Cn1ccnc1-c1cccs1. The summed E-state index contributed by atoms with van der Waals surface area (Å²) < 4.78 is 15.2. The molecule has 0 bridgehead atoms. The van der Waals surface area contributed by atoms with Crippen molar-refractivity contribution in [3.05, 3.63) is 65.0 Å². The van der Waals surface area contributed by atoms with Gasteiger partial charge in [-0.1, -0.05) is 6.07 Å². The summed E-state index contributed by atoms with van der Waals surface area (Å²) in [7, 11) is 0. The minimum absolute atomic E-state index is 0.0993. The summed E-state index contributed by atoms with van der Waals surface area (Å²) in [5.41, 5.74) is 0.514. The quantitative estimate of drug-likeness (QED) is 0.802. The molecule has 21 heavy (non-hydrogen) atoms. The zero-order valence-electron chi connectivity index (χ0n) is 10.9. The summed E-state index contributed by atoms with van der Waals surface area (Å²) in [6.07, 6.45) is 3.40. The van der Waals surface area contributed by atoms with E-state index in [2.05, 4.69) is 4.98 Å². The lowest BCUT2D eigenvalue weighted by molar-refractivity contribution is 0.0695. The number of aromatic carboxylic acids is 1. The first-order valence-electron chi connectivity index (χ1n) is 6.22. The van der Waals surface area contributed by atoms with Crippen LogP contribution in [-0.2, 0) is 6.54 Å². The van der Waals surface area contributed by atoms with Crippen LogP contribution in [0.1, 0.15) is 15.9 Å². The van der Waals surface area contributed by atoms with Crippen LogP contribution in [0.25, 0.3) is 10.7 Å². The normalized spacial score (nSPS) is 10.7. The highest BCUT2D eigenvalue weighted by Gasteiger charge is 2.14. The van der Waals surface area contributed by atoms with Crippen LogP contribution in [0.5, 0.6) is 0 Å². The van der Waals surface area contributed by atoms with Gasteiger partial charge in [-0.15, -0.1) is 11.3 Å². The van der Waals surface area contributed by atoms with Gasteiger partial charge in [0.2, 0.25) is 0 Å². The Morgan fingerprint density at radius 1 is 1.38 bits per heavy atom. The number of rotatable bonds is 4. The van der Waals surface area contributed by atoms with Crippen molar-refractivity contribution in [1.29, 1.82) is 0 Å². The molecule has 0 radical (unpaired) electrons. The maximum absolute atomic E-state index is 13.4.